The molecule has 1 amide bonds. The normalized spacial score (nSPS) is 13.6. The maximum Gasteiger partial charge on any atom is 0.255 e. The van der Waals surface area contributed by atoms with E-state index in [1.807, 2.05) is 48.5 Å². The number of anilines is 2. The smallest absolute Gasteiger partial charge is 0.255 e. The molecule has 1 saturated heterocycles. The lowest BCUT2D eigenvalue weighted by Crippen LogP contribution is -2.19. The lowest BCUT2D eigenvalue weighted by Gasteiger charge is -2.15. The molecule has 6 heteroatoms. The van der Waals surface area contributed by atoms with Gasteiger partial charge in [0.25, 0.3) is 5.91 Å². The molecule has 0 atom stereocenters. The van der Waals surface area contributed by atoms with Crippen molar-refractivity contribution in [3.8, 4) is 11.3 Å². The van der Waals surface area contributed by atoms with Gasteiger partial charge in [-0.2, -0.15) is 0 Å². The molecule has 27 heavy (non-hydrogen) atoms. The fourth-order valence-corrected chi connectivity index (χ4v) is 3.39. The van der Waals surface area contributed by atoms with Crippen molar-refractivity contribution in [2.45, 2.75) is 12.8 Å². The highest BCUT2D eigenvalue weighted by molar-refractivity contribution is 9.10. The number of carbonyl (C=O) groups excluding carboxylic acids is 1. The summed E-state index contributed by atoms with van der Waals surface area (Å²) in [5, 5.41) is 11.6. The molecule has 136 valence electrons. The highest BCUT2D eigenvalue weighted by Gasteiger charge is 2.14. The van der Waals surface area contributed by atoms with Crippen LogP contribution in [0.15, 0.2) is 65.1 Å². The largest absolute Gasteiger partial charge is 0.355 e. The van der Waals surface area contributed by atoms with Gasteiger partial charge in [-0.15, -0.1) is 10.2 Å². The van der Waals surface area contributed by atoms with Crippen LogP contribution in [-0.2, 0) is 0 Å². The van der Waals surface area contributed by atoms with Crippen LogP contribution in [-0.4, -0.2) is 29.2 Å². The van der Waals surface area contributed by atoms with Gasteiger partial charge in [0.15, 0.2) is 5.82 Å². The molecule has 0 spiro atoms. The van der Waals surface area contributed by atoms with E-state index in [-0.39, 0.29) is 5.91 Å². The van der Waals surface area contributed by atoms with Crippen LogP contribution < -0.4 is 10.2 Å². The van der Waals surface area contributed by atoms with Gasteiger partial charge in [0.2, 0.25) is 0 Å². The quantitative estimate of drug-likeness (QED) is 0.658. The zero-order chi connectivity index (χ0) is 18.6. The predicted molar refractivity (Wildman–Crippen MR) is 111 cm³/mol. The third-order valence-electron chi connectivity index (χ3n) is 4.63. The average Bonchev–Trinajstić information content (AvgIpc) is 3.25. The molecule has 2 heterocycles. The molecule has 0 radical (unpaired) electrons. The van der Waals surface area contributed by atoms with Crippen molar-refractivity contribution in [2.24, 2.45) is 0 Å². The third kappa shape index (κ3) is 4.17. The molecule has 5 nitrogen and oxygen atoms in total. The van der Waals surface area contributed by atoms with Crippen LogP contribution in [0.3, 0.4) is 0 Å². The summed E-state index contributed by atoms with van der Waals surface area (Å²) in [6.07, 6.45) is 2.43. The van der Waals surface area contributed by atoms with Gasteiger partial charge in [-0.1, -0.05) is 28.1 Å². The summed E-state index contributed by atoms with van der Waals surface area (Å²) in [4.78, 5) is 14.6. The molecule has 0 bridgehead atoms. The Kier molecular flexibility index (Phi) is 5.16. The number of benzene rings is 2. The summed E-state index contributed by atoms with van der Waals surface area (Å²) in [7, 11) is 0. The van der Waals surface area contributed by atoms with Crippen molar-refractivity contribution in [2.75, 3.05) is 23.3 Å². The zero-order valence-electron chi connectivity index (χ0n) is 14.7. The summed E-state index contributed by atoms with van der Waals surface area (Å²) >= 11 is 3.38. The number of carbonyl (C=O) groups is 1. The van der Waals surface area contributed by atoms with Gasteiger partial charge in [0, 0.05) is 34.4 Å². The second-order valence-corrected chi connectivity index (χ2v) is 7.42. The number of hydrogen-bond donors (Lipinski definition) is 1. The lowest BCUT2D eigenvalue weighted by molar-refractivity contribution is 0.102. The number of amides is 1. The summed E-state index contributed by atoms with van der Waals surface area (Å²) in [5.74, 6) is 0.793. The first-order valence-electron chi connectivity index (χ1n) is 8.95. The van der Waals surface area contributed by atoms with Crippen LogP contribution in [0.1, 0.15) is 23.2 Å². The number of nitrogens with one attached hydrogen (secondary N) is 1. The lowest BCUT2D eigenvalue weighted by atomic mass is 10.1. The van der Waals surface area contributed by atoms with Crippen LogP contribution in [0.2, 0.25) is 0 Å². The Bertz CT molecular complexity index is 918. The monoisotopic (exact) mass is 422 g/mol. The molecule has 1 N–H and O–H groups in total. The molecule has 0 unspecified atom stereocenters. The number of hydrogen-bond acceptors (Lipinski definition) is 4. The van der Waals surface area contributed by atoms with Crippen molar-refractivity contribution < 1.29 is 4.79 Å². The predicted octanol–water partition coefficient (Wildman–Crippen LogP) is 4.76. The molecule has 0 aliphatic carbocycles. The van der Waals surface area contributed by atoms with E-state index in [2.05, 4.69) is 36.3 Å². The Balaban J connectivity index is 1.45. The maximum absolute atomic E-state index is 12.4. The summed E-state index contributed by atoms with van der Waals surface area (Å²) in [5.41, 5.74) is 3.10. The van der Waals surface area contributed by atoms with E-state index in [0.717, 1.165) is 40.3 Å². The van der Waals surface area contributed by atoms with Crippen LogP contribution >= 0.6 is 15.9 Å². The van der Waals surface area contributed by atoms with Gasteiger partial charge >= 0.3 is 0 Å². The SMILES string of the molecule is O=C(Nc1ccc(Br)cc1)c1ccc(-c2ccc(N3CCCC3)nn2)cc1. The number of nitrogens with zero attached hydrogens (tertiary/aromatic N) is 3. The molecule has 1 fully saturated rings. The van der Waals surface area contributed by atoms with Crippen molar-refractivity contribution in [3.63, 3.8) is 0 Å². The Morgan fingerprint density at radius 1 is 0.889 bits per heavy atom. The molecule has 2 aromatic carbocycles. The Morgan fingerprint density at radius 3 is 2.22 bits per heavy atom. The van der Waals surface area contributed by atoms with Crippen molar-refractivity contribution in [1.29, 1.82) is 0 Å². The summed E-state index contributed by atoms with van der Waals surface area (Å²) in [6.45, 7) is 2.10. The van der Waals surface area contributed by atoms with Gasteiger partial charge in [0.1, 0.15) is 0 Å². The number of rotatable bonds is 4. The number of aromatic nitrogens is 2. The second-order valence-electron chi connectivity index (χ2n) is 6.51. The van der Waals surface area contributed by atoms with Crippen molar-refractivity contribution in [3.05, 3.63) is 70.7 Å². The maximum atomic E-state index is 12.4. The molecular weight excluding hydrogens is 404 g/mol. The number of halogens is 1. The minimum Gasteiger partial charge on any atom is -0.355 e. The van der Waals surface area contributed by atoms with E-state index in [1.165, 1.54) is 12.8 Å². The van der Waals surface area contributed by atoms with Crippen LogP contribution in [0.4, 0.5) is 11.5 Å². The van der Waals surface area contributed by atoms with Gasteiger partial charge in [-0.25, -0.2) is 0 Å². The molecule has 3 aromatic rings. The summed E-state index contributed by atoms with van der Waals surface area (Å²) in [6, 6.07) is 18.9. The average molecular weight is 423 g/mol. The van der Waals surface area contributed by atoms with Gasteiger partial charge in [0.05, 0.1) is 5.69 Å². The van der Waals surface area contributed by atoms with E-state index >= 15 is 0 Å². The fraction of sp³-hybridized carbons (Fsp3) is 0.190. The standard InChI is InChI=1S/C21H19BrN4O/c22-17-7-9-18(10-8-17)23-21(27)16-5-3-15(4-6-16)19-11-12-20(25-24-19)26-13-1-2-14-26/h3-12H,1-2,13-14H2,(H,23,27). The molecule has 0 saturated carbocycles. The van der Waals surface area contributed by atoms with Crippen LogP contribution in [0.25, 0.3) is 11.3 Å². The second kappa shape index (κ2) is 7.88. The molecular formula is C21H19BrN4O. The topological polar surface area (TPSA) is 58.1 Å². The zero-order valence-corrected chi connectivity index (χ0v) is 16.3. The van der Waals surface area contributed by atoms with Crippen molar-refractivity contribution >= 4 is 33.3 Å². The molecule has 4 rings (SSSR count). The van der Waals surface area contributed by atoms with E-state index in [0.29, 0.717) is 5.56 Å². The van der Waals surface area contributed by atoms with Gasteiger partial charge in [-0.3, -0.25) is 4.79 Å². The molecule has 1 aromatic heterocycles. The first-order valence-corrected chi connectivity index (χ1v) is 9.74. The van der Waals surface area contributed by atoms with E-state index in [4.69, 9.17) is 0 Å². The fourth-order valence-electron chi connectivity index (χ4n) is 3.12. The Morgan fingerprint density at radius 2 is 1.59 bits per heavy atom. The first-order chi connectivity index (χ1) is 13.2. The van der Waals surface area contributed by atoms with Crippen LogP contribution in [0, 0.1) is 0 Å². The van der Waals surface area contributed by atoms with E-state index in [9.17, 15) is 4.79 Å². The summed E-state index contributed by atoms with van der Waals surface area (Å²) < 4.78 is 0.974. The van der Waals surface area contributed by atoms with Gasteiger partial charge in [-0.05, 0) is 61.4 Å². The first kappa shape index (κ1) is 17.7. The molecule has 1 aliphatic rings. The highest BCUT2D eigenvalue weighted by Crippen LogP contribution is 2.22. The highest BCUT2D eigenvalue weighted by atomic mass is 79.9. The van der Waals surface area contributed by atoms with Crippen LogP contribution in [0.5, 0.6) is 0 Å². The molecule has 1 aliphatic heterocycles. The van der Waals surface area contributed by atoms with Crippen molar-refractivity contribution in [1.82, 2.24) is 10.2 Å². The Labute approximate surface area is 166 Å². The van der Waals surface area contributed by atoms with E-state index < -0.39 is 0 Å². The minimum absolute atomic E-state index is 0.140. The minimum atomic E-state index is -0.140. The Hall–Kier alpha value is -2.73. The van der Waals surface area contributed by atoms with Gasteiger partial charge < -0.3 is 10.2 Å². The van der Waals surface area contributed by atoms with E-state index in [1.54, 1.807) is 12.1 Å². The third-order valence-corrected chi connectivity index (χ3v) is 5.15.